The summed E-state index contributed by atoms with van der Waals surface area (Å²) in [6.45, 7) is 3.42. The lowest BCUT2D eigenvalue weighted by Crippen LogP contribution is -2.42. The van der Waals surface area contributed by atoms with E-state index in [9.17, 15) is 19.5 Å². The number of carbonyl (C=O) groups is 2. The summed E-state index contributed by atoms with van der Waals surface area (Å²) in [5.74, 6) is -2.53. The van der Waals surface area contributed by atoms with Crippen molar-refractivity contribution in [2.75, 3.05) is 5.32 Å². The minimum absolute atomic E-state index is 0.179. The number of aromatic nitrogens is 4. The molecule has 0 bridgehead atoms. The topological polar surface area (TPSA) is 133 Å². The molecule has 0 aromatic carbocycles. The Labute approximate surface area is 149 Å². The molecule has 1 aliphatic carbocycles. The molecule has 2 N–H and O–H groups in total. The Bertz CT molecular complexity index is 901. The van der Waals surface area contributed by atoms with Gasteiger partial charge in [0.1, 0.15) is 5.82 Å². The average molecular weight is 358 g/mol. The number of nitrogens with zero attached hydrogens (tertiary/aromatic N) is 3. The van der Waals surface area contributed by atoms with E-state index >= 15 is 0 Å². The first-order valence-electron chi connectivity index (χ1n) is 8.52. The predicted molar refractivity (Wildman–Crippen MR) is 90.5 cm³/mol. The molecule has 0 radical (unpaired) electrons. The molecule has 26 heavy (non-hydrogen) atoms. The Morgan fingerprint density at radius 1 is 1.19 bits per heavy atom. The van der Waals surface area contributed by atoms with Crippen molar-refractivity contribution in [1.29, 1.82) is 0 Å². The van der Waals surface area contributed by atoms with Gasteiger partial charge in [-0.15, -0.1) is 0 Å². The number of amides is 1. The van der Waals surface area contributed by atoms with Crippen LogP contribution >= 0.6 is 0 Å². The number of aliphatic carboxylic acids is 1. The van der Waals surface area contributed by atoms with E-state index in [-0.39, 0.29) is 11.5 Å². The SMILES string of the molecule is Cc1cc(=O)[nH]c(-n2nc(C)cc2NC(=O)[C@H]2CCCC[C@@H]2C(=O)[O-])n1. The van der Waals surface area contributed by atoms with Gasteiger partial charge in [0.25, 0.3) is 5.56 Å². The molecule has 3 rings (SSSR count). The summed E-state index contributed by atoms with van der Waals surface area (Å²) in [5, 5.41) is 18.3. The molecule has 0 unspecified atom stereocenters. The largest absolute Gasteiger partial charge is 0.550 e. The summed E-state index contributed by atoms with van der Waals surface area (Å²) in [6.07, 6.45) is 2.50. The van der Waals surface area contributed by atoms with Crippen LogP contribution in [0.4, 0.5) is 5.82 Å². The Balaban J connectivity index is 1.89. The van der Waals surface area contributed by atoms with Gasteiger partial charge >= 0.3 is 0 Å². The fourth-order valence-corrected chi connectivity index (χ4v) is 3.36. The fraction of sp³-hybridized carbons (Fsp3) is 0.471. The quantitative estimate of drug-likeness (QED) is 0.794. The van der Waals surface area contributed by atoms with Crippen molar-refractivity contribution >= 4 is 17.7 Å². The van der Waals surface area contributed by atoms with Crippen LogP contribution in [0.3, 0.4) is 0 Å². The highest BCUT2D eigenvalue weighted by Gasteiger charge is 2.32. The van der Waals surface area contributed by atoms with Crippen LogP contribution in [-0.2, 0) is 9.59 Å². The number of hydrogen-bond donors (Lipinski definition) is 2. The van der Waals surface area contributed by atoms with Gasteiger partial charge in [-0.25, -0.2) is 4.98 Å². The minimum Gasteiger partial charge on any atom is -0.550 e. The number of aryl methyl sites for hydroxylation is 2. The monoisotopic (exact) mass is 358 g/mol. The molecule has 0 saturated heterocycles. The van der Waals surface area contributed by atoms with Crippen molar-refractivity contribution in [1.82, 2.24) is 19.7 Å². The molecule has 1 saturated carbocycles. The highest BCUT2D eigenvalue weighted by Crippen LogP contribution is 2.31. The van der Waals surface area contributed by atoms with Crippen LogP contribution in [0.1, 0.15) is 37.1 Å². The van der Waals surface area contributed by atoms with Crippen LogP contribution < -0.4 is 16.0 Å². The maximum absolute atomic E-state index is 12.7. The van der Waals surface area contributed by atoms with Crippen LogP contribution in [0, 0.1) is 25.7 Å². The standard InChI is InChI=1S/C17H21N5O4/c1-9-8-14(23)20-17(18-9)22-13(7-10(2)21-22)19-15(24)11-5-3-4-6-12(11)16(25)26/h7-8,11-12H,3-6H2,1-2H3,(H,19,24)(H,25,26)(H,18,20,23)/p-1/t11-,12-/m0/s1. The number of carboxylic acids is 1. The molecule has 0 spiro atoms. The van der Waals surface area contributed by atoms with Crippen LogP contribution in [0.2, 0.25) is 0 Å². The van der Waals surface area contributed by atoms with E-state index in [1.165, 1.54) is 10.7 Å². The summed E-state index contributed by atoms with van der Waals surface area (Å²) in [5.41, 5.74) is 0.797. The summed E-state index contributed by atoms with van der Waals surface area (Å²) in [4.78, 5) is 42.5. The van der Waals surface area contributed by atoms with E-state index in [4.69, 9.17) is 0 Å². The zero-order valence-corrected chi connectivity index (χ0v) is 14.6. The number of anilines is 1. The number of carboxylic acid groups (broad SMARTS) is 1. The molecule has 1 aliphatic rings. The fourth-order valence-electron chi connectivity index (χ4n) is 3.36. The number of carbonyl (C=O) groups excluding carboxylic acids is 2. The maximum atomic E-state index is 12.7. The number of nitrogens with one attached hydrogen (secondary N) is 2. The van der Waals surface area contributed by atoms with Crippen molar-refractivity contribution in [3.8, 4) is 5.95 Å². The van der Waals surface area contributed by atoms with Gasteiger partial charge in [0.15, 0.2) is 0 Å². The van der Waals surface area contributed by atoms with Gasteiger partial charge < -0.3 is 15.2 Å². The third-order valence-electron chi connectivity index (χ3n) is 4.55. The lowest BCUT2D eigenvalue weighted by Gasteiger charge is -2.31. The lowest BCUT2D eigenvalue weighted by molar-refractivity contribution is -0.313. The number of aromatic amines is 1. The Kier molecular flexibility index (Phi) is 4.88. The molecular formula is C17H20N5O4-. The van der Waals surface area contributed by atoms with Crippen LogP contribution in [0.15, 0.2) is 16.9 Å². The van der Waals surface area contributed by atoms with E-state index in [0.29, 0.717) is 30.0 Å². The first-order chi connectivity index (χ1) is 12.3. The minimum atomic E-state index is -1.20. The summed E-state index contributed by atoms with van der Waals surface area (Å²) >= 11 is 0. The summed E-state index contributed by atoms with van der Waals surface area (Å²) in [7, 11) is 0. The highest BCUT2D eigenvalue weighted by molar-refractivity contribution is 5.94. The molecule has 2 heterocycles. The lowest BCUT2D eigenvalue weighted by atomic mass is 9.79. The molecule has 9 heteroatoms. The molecule has 2 atom stereocenters. The first kappa shape index (κ1) is 17.8. The highest BCUT2D eigenvalue weighted by atomic mass is 16.4. The third kappa shape index (κ3) is 3.66. The van der Waals surface area contributed by atoms with Crippen LogP contribution in [0.5, 0.6) is 0 Å². The van der Waals surface area contributed by atoms with E-state index in [1.807, 2.05) is 0 Å². The Morgan fingerprint density at radius 3 is 2.54 bits per heavy atom. The normalized spacial score (nSPS) is 19.9. The van der Waals surface area contributed by atoms with Gasteiger partial charge in [-0.3, -0.25) is 14.6 Å². The van der Waals surface area contributed by atoms with Crippen molar-refractivity contribution in [2.24, 2.45) is 11.8 Å². The average Bonchev–Trinajstić information content (AvgIpc) is 2.94. The van der Waals surface area contributed by atoms with Gasteiger partial charge in [0.05, 0.1) is 5.69 Å². The van der Waals surface area contributed by atoms with Gasteiger partial charge in [-0.2, -0.15) is 9.78 Å². The van der Waals surface area contributed by atoms with Crippen molar-refractivity contribution < 1.29 is 14.7 Å². The second-order valence-corrected chi connectivity index (χ2v) is 6.60. The molecule has 1 amide bonds. The van der Waals surface area contributed by atoms with E-state index in [1.54, 1.807) is 19.9 Å². The predicted octanol–water partition coefficient (Wildman–Crippen LogP) is 0.0672. The van der Waals surface area contributed by atoms with Gasteiger partial charge in [-0.05, 0) is 26.7 Å². The first-order valence-corrected chi connectivity index (χ1v) is 8.52. The molecule has 2 aromatic rings. The number of rotatable bonds is 4. The second-order valence-electron chi connectivity index (χ2n) is 6.60. The number of hydrogen-bond acceptors (Lipinski definition) is 6. The molecule has 0 aliphatic heterocycles. The molecular weight excluding hydrogens is 338 g/mol. The molecule has 2 aromatic heterocycles. The van der Waals surface area contributed by atoms with Gasteiger partial charge in [0.2, 0.25) is 11.9 Å². The summed E-state index contributed by atoms with van der Waals surface area (Å²) in [6, 6.07) is 2.99. The van der Waals surface area contributed by atoms with E-state index in [2.05, 4.69) is 20.4 Å². The second kappa shape index (κ2) is 7.11. The Hall–Kier alpha value is -2.97. The smallest absolute Gasteiger partial charge is 0.252 e. The van der Waals surface area contributed by atoms with E-state index < -0.39 is 23.7 Å². The maximum Gasteiger partial charge on any atom is 0.252 e. The van der Waals surface area contributed by atoms with Crippen LogP contribution in [0.25, 0.3) is 5.95 Å². The summed E-state index contributed by atoms with van der Waals surface area (Å²) < 4.78 is 1.33. The van der Waals surface area contributed by atoms with Crippen molar-refractivity contribution in [2.45, 2.75) is 39.5 Å². The van der Waals surface area contributed by atoms with E-state index in [0.717, 1.165) is 12.8 Å². The Morgan fingerprint density at radius 2 is 1.88 bits per heavy atom. The van der Waals surface area contributed by atoms with Gasteiger partial charge in [0, 0.05) is 35.6 Å². The van der Waals surface area contributed by atoms with Gasteiger partial charge in [-0.1, -0.05) is 12.8 Å². The zero-order chi connectivity index (χ0) is 18.8. The molecule has 1 fully saturated rings. The molecule has 9 nitrogen and oxygen atoms in total. The molecule has 138 valence electrons. The van der Waals surface area contributed by atoms with Crippen molar-refractivity contribution in [3.05, 3.63) is 33.9 Å². The van der Waals surface area contributed by atoms with Crippen molar-refractivity contribution in [3.63, 3.8) is 0 Å². The third-order valence-corrected chi connectivity index (χ3v) is 4.55. The van der Waals surface area contributed by atoms with Crippen LogP contribution in [-0.4, -0.2) is 31.6 Å². The zero-order valence-electron chi connectivity index (χ0n) is 14.6. The number of H-pyrrole nitrogens is 1.